The first-order valence-corrected chi connectivity index (χ1v) is 9.89. The third-order valence-electron chi connectivity index (χ3n) is 3.90. The van der Waals surface area contributed by atoms with Gasteiger partial charge in [-0.05, 0) is 43.5 Å². The molecule has 0 spiro atoms. The number of benzene rings is 1. The van der Waals surface area contributed by atoms with Gasteiger partial charge in [-0.3, -0.25) is 14.5 Å². The molecule has 1 saturated heterocycles. The summed E-state index contributed by atoms with van der Waals surface area (Å²) in [5, 5.41) is 8.93. The van der Waals surface area contributed by atoms with Gasteiger partial charge in [-0.15, -0.1) is 0 Å². The quantitative estimate of drug-likeness (QED) is 0.289. The van der Waals surface area contributed by atoms with Crippen molar-refractivity contribution < 1.29 is 24.2 Å². The minimum Gasteiger partial charge on any atom is -0.478 e. The Hall–Kier alpha value is -2.19. The summed E-state index contributed by atoms with van der Waals surface area (Å²) in [5.41, 5.74) is 0.942. The van der Waals surface area contributed by atoms with Crippen molar-refractivity contribution >= 4 is 52.2 Å². The molecule has 0 unspecified atom stereocenters. The van der Waals surface area contributed by atoms with Crippen molar-refractivity contribution in [2.45, 2.75) is 32.6 Å². The van der Waals surface area contributed by atoms with Gasteiger partial charge in [0.1, 0.15) is 4.32 Å². The molecule has 8 heteroatoms. The predicted molar refractivity (Wildman–Crippen MR) is 108 cm³/mol. The Morgan fingerprint density at radius 3 is 2.56 bits per heavy atom. The lowest BCUT2D eigenvalue weighted by molar-refractivity contribution is -0.143. The van der Waals surface area contributed by atoms with Gasteiger partial charge in [0, 0.05) is 13.0 Å². The SMILES string of the molecule is CCOC(=O)CCCCCN1C(=O)/C(=C/c2ccc(C(=O)O)cc2)SC1=S. The first kappa shape index (κ1) is 21.1. The highest BCUT2D eigenvalue weighted by molar-refractivity contribution is 8.26. The molecule has 1 aliphatic heterocycles. The van der Waals surface area contributed by atoms with E-state index in [1.165, 1.54) is 23.9 Å². The number of unbranched alkanes of at least 4 members (excludes halogenated alkanes) is 2. The molecule has 6 nitrogen and oxygen atoms in total. The van der Waals surface area contributed by atoms with E-state index in [2.05, 4.69) is 0 Å². The van der Waals surface area contributed by atoms with Crippen molar-refractivity contribution in [1.82, 2.24) is 4.90 Å². The predicted octanol–water partition coefficient (Wildman–Crippen LogP) is 3.71. The van der Waals surface area contributed by atoms with E-state index in [1.54, 1.807) is 30.0 Å². The average molecular weight is 408 g/mol. The third kappa shape index (κ3) is 6.18. The summed E-state index contributed by atoms with van der Waals surface area (Å²) in [6.45, 7) is 2.69. The standard InChI is InChI=1S/C19H21NO5S2/c1-2-25-16(21)6-4-3-5-11-20-17(22)15(27-19(20)26)12-13-7-9-14(10-8-13)18(23)24/h7-10,12H,2-6,11H2,1H3,(H,23,24)/b15-12-. The Labute approximate surface area is 167 Å². The van der Waals surface area contributed by atoms with Crippen LogP contribution in [0.4, 0.5) is 0 Å². The highest BCUT2D eigenvalue weighted by Gasteiger charge is 2.31. The number of nitrogens with zero attached hydrogens (tertiary/aromatic N) is 1. The first-order chi connectivity index (χ1) is 12.9. The van der Waals surface area contributed by atoms with Crippen LogP contribution in [-0.2, 0) is 14.3 Å². The van der Waals surface area contributed by atoms with Crippen molar-refractivity contribution in [3.63, 3.8) is 0 Å². The number of rotatable bonds is 9. The summed E-state index contributed by atoms with van der Waals surface area (Å²) in [6, 6.07) is 6.31. The summed E-state index contributed by atoms with van der Waals surface area (Å²) >= 11 is 6.54. The van der Waals surface area contributed by atoms with Gasteiger partial charge in [-0.25, -0.2) is 4.79 Å². The largest absolute Gasteiger partial charge is 0.478 e. The molecular weight excluding hydrogens is 386 g/mol. The molecule has 27 heavy (non-hydrogen) atoms. The van der Waals surface area contributed by atoms with E-state index in [1.807, 2.05) is 0 Å². The van der Waals surface area contributed by atoms with E-state index in [9.17, 15) is 14.4 Å². The summed E-state index contributed by atoms with van der Waals surface area (Å²) in [6.07, 6.45) is 4.39. The molecule has 144 valence electrons. The van der Waals surface area contributed by atoms with Crippen molar-refractivity contribution in [2.24, 2.45) is 0 Å². The molecule has 1 heterocycles. The highest BCUT2D eigenvalue weighted by Crippen LogP contribution is 2.32. The molecule has 0 atom stereocenters. The van der Waals surface area contributed by atoms with Gasteiger partial charge in [-0.2, -0.15) is 0 Å². The summed E-state index contributed by atoms with van der Waals surface area (Å²) < 4.78 is 5.39. The second-order valence-electron chi connectivity index (χ2n) is 5.88. The van der Waals surface area contributed by atoms with Crippen LogP contribution in [0.5, 0.6) is 0 Å². The van der Waals surface area contributed by atoms with Crippen LogP contribution in [-0.4, -0.2) is 45.3 Å². The molecule has 2 rings (SSSR count). The van der Waals surface area contributed by atoms with Crippen molar-refractivity contribution in [3.8, 4) is 0 Å². The number of carbonyl (C=O) groups is 3. The fourth-order valence-corrected chi connectivity index (χ4v) is 3.82. The van der Waals surface area contributed by atoms with Crippen LogP contribution in [0.3, 0.4) is 0 Å². The second-order valence-corrected chi connectivity index (χ2v) is 7.55. The Morgan fingerprint density at radius 1 is 1.22 bits per heavy atom. The van der Waals surface area contributed by atoms with Crippen LogP contribution in [0, 0.1) is 0 Å². The molecular formula is C19H21NO5S2. The maximum absolute atomic E-state index is 12.5. The maximum Gasteiger partial charge on any atom is 0.335 e. The number of ether oxygens (including phenoxy) is 1. The third-order valence-corrected chi connectivity index (χ3v) is 5.27. The number of hydrogen-bond donors (Lipinski definition) is 1. The second kappa shape index (κ2) is 10.2. The Morgan fingerprint density at radius 2 is 1.93 bits per heavy atom. The molecule has 1 aromatic rings. The van der Waals surface area contributed by atoms with Crippen molar-refractivity contribution in [2.75, 3.05) is 13.2 Å². The van der Waals surface area contributed by atoms with Gasteiger partial charge >= 0.3 is 11.9 Å². The molecule has 0 aliphatic carbocycles. The molecule has 0 radical (unpaired) electrons. The molecule has 0 aromatic heterocycles. The Bertz CT molecular complexity index is 758. The van der Waals surface area contributed by atoms with Crippen LogP contribution < -0.4 is 0 Å². The molecule has 1 fully saturated rings. The lowest BCUT2D eigenvalue weighted by atomic mass is 10.1. The van der Waals surface area contributed by atoms with E-state index in [0.29, 0.717) is 28.8 Å². The smallest absolute Gasteiger partial charge is 0.335 e. The zero-order valence-electron chi connectivity index (χ0n) is 15.0. The van der Waals surface area contributed by atoms with E-state index < -0.39 is 5.97 Å². The monoisotopic (exact) mass is 407 g/mol. The summed E-state index contributed by atoms with van der Waals surface area (Å²) in [4.78, 5) is 36.8. The highest BCUT2D eigenvalue weighted by atomic mass is 32.2. The zero-order valence-corrected chi connectivity index (χ0v) is 16.6. The van der Waals surface area contributed by atoms with Gasteiger partial charge < -0.3 is 9.84 Å². The molecule has 1 N–H and O–H groups in total. The lowest BCUT2D eigenvalue weighted by Crippen LogP contribution is -2.29. The number of thiocarbonyl (C=S) groups is 1. The number of esters is 1. The number of carbonyl (C=O) groups excluding carboxylic acids is 2. The molecule has 1 aliphatic rings. The van der Waals surface area contributed by atoms with Crippen LogP contribution >= 0.6 is 24.0 Å². The van der Waals surface area contributed by atoms with Crippen LogP contribution in [0.1, 0.15) is 48.5 Å². The minimum absolute atomic E-state index is 0.141. The minimum atomic E-state index is -0.990. The number of carboxylic acid groups (broad SMARTS) is 1. The molecule has 1 amide bonds. The van der Waals surface area contributed by atoms with E-state index in [4.69, 9.17) is 22.1 Å². The number of hydrogen-bond acceptors (Lipinski definition) is 6. The van der Waals surface area contributed by atoms with E-state index >= 15 is 0 Å². The van der Waals surface area contributed by atoms with Gasteiger partial charge in [0.25, 0.3) is 5.91 Å². The molecule has 0 bridgehead atoms. The molecule has 1 aromatic carbocycles. The summed E-state index contributed by atoms with van der Waals surface area (Å²) in [7, 11) is 0. The Kier molecular flexibility index (Phi) is 7.99. The first-order valence-electron chi connectivity index (χ1n) is 8.66. The summed E-state index contributed by atoms with van der Waals surface area (Å²) in [5.74, 6) is -1.33. The average Bonchev–Trinajstić information content (AvgIpc) is 2.89. The number of carboxylic acids is 1. The van der Waals surface area contributed by atoms with Gasteiger partial charge in [0.15, 0.2) is 0 Å². The van der Waals surface area contributed by atoms with Crippen LogP contribution in [0.2, 0.25) is 0 Å². The number of amides is 1. The van der Waals surface area contributed by atoms with Crippen molar-refractivity contribution in [1.29, 1.82) is 0 Å². The van der Waals surface area contributed by atoms with Gasteiger partial charge in [0.05, 0.1) is 17.1 Å². The normalized spacial score (nSPS) is 15.4. The number of aromatic carboxylic acids is 1. The fraction of sp³-hybridized carbons (Fsp3) is 0.368. The number of thioether (sulfide) groups is 1. The van der Waals surface area contributed by atoms with Gasteiger partial charge in [0.2, 0.25) is 0 Å². The fourth-order valence-electron chi connectivity index (χ4n) is 2.52. The lowest BCUT2D eigenvalue weighted by Gasteiger charge is -2.13. The molecule has 0 saturated carbocycles. The Balaban J connectivity index is 1.86. The maximum atomic E-state index is 12.5. The van der Waals surface area contributed by atoms with Crippen molar-refractivity contribution in [3.05, 3.63) is 40.3 Å². The van der Waals surface area contributed by atoms with Crippen LogP contribution in [0.25, 0.3) is 6.08 Å². The van der Waals surface area contributed by atoms with E-state index in [0.717, 1.165) is 24.8 Å². The van der Waals surface area contributed by atoms with E-state index in [-0.39, 0.29) is 17.4 Å². The topological polar surface area (TPSA) is 83.9 Å². The van der Waals surface area contributed by atoms with Crippen LogP contribution in [0.15, 0.2) is 29.2 Å². The van der Waals surface area contributed by atoms with Gasteiger partial charge in [-0.1, -0.05) is 42.5 Å². The zero-order chi connectivity index (χ0) is 19.8.